The summed E-state index contributed by atoms with van der Waals surface area (Å²) >= 11 is 0. The fraction of sp³-hybridized carbons (Fsp3) is 0.550. The first-order valence-corrected chi connectivity index (χ1v) is 9.45. The van der Waals surface area contributed by atoms with Crippen LogP contribution in [0.3, 0.4) is 0 Å². The first-order valence-electron chi connectivity index (χ1n) is 9.45. The van der Waals surface area contributed by atoms with Crippen LogP contribution in [-0.2, 0) is 19.9 Å². The second kappa shape index (κ2) is 4.95. The minimum absolute atomic E-state index is 0.168. The Morgan fingerprint density at radius 2 is 1.93 bits per heavy atom. The van der Waals surface area contributed by atoms with Gasteiger partial charge < -0.3 is 5.32 Å². The molecule has 3 saturated heterocycles. The number of carbonyl (C=O) groups excluding carboxylic acids is 3. The zero-order chi connectivity index (χ0) is 19.3. The summed E-state index contributed by atoms with van der Waals surface area (Å²) in [6, 6.07) is 4.02. The molecule has 1 aromatic carbocycles. The van der Waals surface area contributed by atoms with Crippen molar-refractivity contribution in [2.45, 2.75) is 50.7 Å². The number of hydrogen-bond donors (Lipinski definition) is 1. The summed E-state index contributed by atoms with van der Waals surface area (Å²) in [5, 5.41) is 2.84. The molecule has 1 spiro atoms. The molecule has 4 aliphatic heterocycles. The van der Waals surface area contributed by atoms with E-state index in [9.17, 15) is 18.8 Å². The van der Waals surface area contributed by atoms with Gasteiger partial charge in [0, 0.05) is 22.8 Å². The molecule has 142 valence electrons. The molecule has 0 radical (unpaired) electrons. The van der Waals surface area contributed by atoms with Gasteiger partial charge in [0.1, 0.15) is 11.4 Å². The summed E-state index contributed by atoms with van der Waals surface area (Å²) in [5.74, 6) is -2.66. The van der Waals surface area contributed by atoms with Crippen LogP contribution in [0.5, 0.6) is 0 Å². The van der Waals surface area contributed by atoms with Crippen molar-refractivity contribution in [2.75, 3.05) is 11.9 Å². The standard InChI is InChI=1S/C20H22FN3O3/c1-19(2,3)24-16(25)14-13-5-4-8-23(13)20(15(14)17(24)26)11-9-10(21)6-7-12(11)22-18(20)27/h6-7,9,13-15H,4-5,8H2,1-3H3,(H,22,27)/t13-,14+,15-,20-/m0/s1. The molecule has 0 aromatic heterocycles. The van der Waals surface area contributed by atoms with E-state index in [1.54, 1.807) is 6.07 Å². The molecule has 1 N–H and O–H groups in total. The molecule has 4 aliphatic rings. The molecular weight excluding hydrogens is 349 g/mol. The fourth-order valence-electron chi connectivity index (χ4n) is 5.84. The molecule has 0 unspecified atom stereocenters. The largest absolute Gasteiger partial charge is 0.324 e. The number of carbonyl (C=O) groups is 3. The number of benzene rings is 1. The van der Waals surface area contributed by atoms with Gasteiger partial charge in [-0.25, -0.2) is 4.39 Å². The van der Waals surface area contributed by atoms with Crippen molar-refractivity contribution >= 4 is 23.4 Å². The quantitative estimate of drug-likeness (QED) is 0.707. The highest BCUT2D eigenvalue weighted by Crippen LogP contribution is 2.60. The lowest BCUT2D eigenvalue weighted by Gasteiger charge is -2.38. The van der Waals surface area contributed by atoms with E-state index < -0.39 is 28.7 Å². The third-order valence-electron chi connectivity index (χ3n) is 6.63. The molecule has 4 heterocycles. The van der Waals surface area contributed by atoms with Gasteiger partial charge in [0.25, 0.3) is 0 Å². The van der Waals surface area contributed by atoms with Crippen LogP contribution in [0.1, 0.15) is 39.2 Å². The summed E-state index contributed by atoms with van der Waals surface area (Å²) in [5.41, 5.74) is -0.940. The summed E-state index contributed by atoms with van der Waals surface area (Å²) in [7, 11) is 0. The lowest BCUT2D eigenvalue weighted by Crippen LogP contribution is -2.56. The van der Waals surface area contributed by atoms with Crippen LogP contribution >= 0.6 is 0 Å². The average Bonchev–Trinajstić information content (AvgIpc) is 3.25. The molecule has 5 rings (SSSR count). The highest BCUT2D eigenvalue weighted by Gasteiger charge is 2.75. The SMILES string of the molecule is CC(C)(C)N1C(=O)[C@H]2[C@@H](C1=O)[C@@]1(C(=O)Nc3ccc(F)cc31)N1CCC[C@@H]21. The molecule has 27 heavy (non-hydrogen) atoms. The van der Waals surface area contributed by atoms with Gasteiger partial charge in [-0.2, -0.15) is 0 Å². The molecule has 1 aromatic rings. The zero-order valence-corrected chi connectivity index (χ0v) is 15.6. The van der Waals surface area contributed by atoms with Gasteiger partial charge in [-0.3, -0.25) is 24.2 Å². The van der Waals surface area contributed by atoms with Gasteiger partial charge in [-0.05, 0) is 58.4 Å². The van der Waals surface area contributed by atoms with Gasteiger partial charge in [0.15, 0.2) is 0 Å². The predicted molar refractivity (Wildman–Crippen MR) is 95.0 cm³/mol. The zero-order valence-electron chi connectivity index (χ0n) is 15.6. The summed E-state index contributed by atoms with van der Waals surface area (Å²) < 4.78 is 14.1. The van der Waals surface area contributed by atoms with Gasteiger partial charge >= 0.3 is 0 Å². The number of likely N-dealkylation sites (tertiary alicyclic amines) is 1. The van der Waals surface area contributed by atoms with E-state index in [-0.39, 0.29) is 23.8 Å². The fourth-order valence-corrected chi connectivity index (χ4v) is 5.84. The number of hydrogen-bond acceptors (Lipinski definition) is 4. The van der Waals surface area contributed by atoms with Crippen molar-refractivity contribution in [3.8, 4) is 0 Å². The van der Waals surface area contributed by atoms with Crippen LogP contribution in [0.15, 0.2) is 18.2 Å². The van der Waals surface area contributed by atoms with Crippen molar-refractivity contribution in [2.24, 2.45) is 11.8 Å². The Kier molecular flexibility index (Phi) is 3.09. The van der Waals surface area contributed by atoms with Crippen molar-refractivity contribution < 1.29 is 18.8 Å². The number of nitrogens with zero attached hydrogens (tertiary/aromatic N) is 2. The number of halogens is 1. The van der Waals surface area contributed by atoms with Crippen LogP contribution < -0.4 is 5.32 Å². The molecule has 4 atom stereocenters. The second-order valence-corrected chi connectivity index (χ2v) is 9.00. The van der Waals surface area contributed by atoms with E-state index >= 15 is 0 Å². The molecule has 7 heteroatoms. The lowest BCUT2D eigenvalue weighted by atomic mass is 9.75. The monoisotopic (exact) mass is 371 g/mol. The van der Waals surface area contributed by atoms with Gasteiger partial charge in [-0.15, -0.1) is 0 Å². The molecule has 3 fully saturated rings. The van der Waals surface area contributed by atoms with E-state index in [4.69, 9.17) is 0 Å². The minimum atomic E-state index is -1.30. The first kappa shape index (κ1) is 16.9. The number of anilines is 1. The van der Waals surface area contributed by atoms with E-state index in [0.717, 1.165) is 12.8 Å². The van der Waals surface area contributed by atoms with E-state index in [1.165, 1.54) is 17.0 Å². The number of rotatable bonds is 0. The molecule has 3 amide bonds. The van der Waals surface area contributed by atoms with E-state index in [1.807, 2.05) is 25.7 Å². The summed E-state index contributed by atoms with van der Waals surface area (Å²) in [4.78, 5) is 43.4. The highest BCUT2D eigenvalue weighted by atomic mass is 19.1. The van der Waals surface area contributed by atoms with Crippen LogP contribution in [0.25, 0.3) is 0 Å². The topological polar surface area (TPSA) is 69.7 Å². The Hall–Kier alpha value is -2.28. The molecule has 0 aliphatic carbocycles. The Morgan fingerprint density at radius 3 is 2.63 bits per heavy atom. The molecular formula is C20H22FN3O3. The Labute approximate surface area is 156 Å². The summed E-state index contributed by atoms with van der Waals surface area (Å²) in [6.07, 6.45) is 1.61. The first-order chi connectivity index (χ1) is 12.7. The number of amides is 3. The van der Waals surface area contributed by atoms with Crippen molar-refractivity contribution in [3.63, 3.8) is 0 Å². The van der Waals surface area contributed by atoms with E-state index in [2.05, 4.69) is 5.32 Å². The highest BCUT2D eigenvalue weighted by molar-refractivity contribution is 6.15. The van der Waals surface area contributed by atoms with Crippen LogP contribution in [0.4, 0.5) is 10.1 Å². The molecule has 0 saturated carbocycles. The minimum Gasteiger partial charge on any atom is -0.324 e. The van der Waals surface area contributed by atoms with Crippen LogP contribution in [-0.4, -0.2) is 45.6 Å². The summed E-state index contributed by atoms with van der Waals surface area (Å²) in [6.45, 7) is 6.10. The molecule has 6 nitrogen and oxygen atoms in total. The van der Waals surface area contributed by atoms with Crippen molar-refractivity contribution in [3.05, 3.63) is 29.6 Å². The maximum Gasteiger partial charge on any atom is 0.250 e. The van der Waals surface area contributed by atoms with Gasteiger partial charge in [0.2, 0.25) is 17.7 Å². The Morgan fingerprint density at radius 1 is 1.19 bits per heavy atom. The smallest absolute Gasteiger partial charge is 0.250 e. The third kappa shape index (κ3) is 1.81. The van der Waals surface area contributed by atoms with Crippen molar-refractivity contribution in [1.29, 1.82) is 0 Å². The van der Waals surface area contributed by atoms with Crippen molar-refractivity contribution in [1.82, 2.24) is 9.80 Å². The second-order valence-electron chi connectivity index (χ2n) is 9.00. The van der Waals surface area contributed by atoms with E-state index in [0.29, 0.717) is 17.8 Å². The van der Waals surface area contributed by atoms with Gasteiger partial charge in [-0.1, -0.05) is 0 Å². The van der Waals surface area contributed by atoms with Crippen LogP contribution in [0, 0.1) is 17.7 Å². The van der Waals surface area contributed by atoms with Gasteiger partial charge in [0.05, 0.1) is 11.8 Å². The lowest BCUT2D eigenvalue weighted by molar-refractivity contribution is -0.150. The third-order valence-corrected chi connectivity index (χ3v) is 6.63. The normalized spacial score (nSPS) is 35.0. The predicted octanol–water partition coefficient (Wildman–Crippen LogP) is 1.85. The Balaban J connectivity index is 1.77. The number of nitrogens with one attached hydrogen (secondary N) is 1. The maximum atomic E-state index is 14.1. The Bertz CT molecular complexity index is 908. The number of imide groups is 1. The maximum absolute atomic E-state index is 14.1. The van der Waals surface area contributed by atoms with Crippen LogP contribution in [0.2, 0.25) is 0 Å². The average molecular weight is 371 g/mol. The number of fused-ring (bicyclic) bond motifs is 7. The molecule has 0 bridgehead atoms.